The van der Waals surface area contributed by atoms with Crippen LogP contribution in [0, 0.1) is 26.2 Å². The molecule has 1 aromatic heterocycles. The molecule has 0 saturated carbocycles. The molecule has 8 aromatic carbocycles. The Morgan fingerprint density at radius 1 is 0.754 bits per heavy atom. The topological polar surface area (TPSA) is 25.5 Å². The van der Waals surface area contributed by atoms with Crippen LogP contribution in [0.25, 0.3) is 73.0 Å². The quantitative estimate of drug-likeness (QED) is 0.116. The molecule has 0 bridgehead atoms. The van der Waals surface area contributed by atoms with Gasteiger partial charge in [0.1, 0.15) is 11.3 Å². The summed E-state index contributed by atoms with van der Waals surface area (Å²) in [4.78, 5) is 5.50. The Morgan fingerprint density at radius 3 is 2.25 bits per heavy atom. The Hall–Kier alpha value is -7.47. The molecule has 1 atom stereocenters. The van der Waals surface area contributed by atoms with E-state index in [0.717, 1.165) is 77.6 Å². The molecule has 0 spiro atoms. The Kier molecular flexibility index (Phi) is 13.0. The van der Waals surface area contributed by atoms with Gasteiger partial charge in [0, 0.05) is 27.1 Å². The summed E-state index contributed by atoms with van der Waals surface area (Å²) >= 11 is 0. The van der Waals surface area contributed by atoms with Crippen LogP contribution in [0.5, 0.6) is 0 Å². The van der Waals surface area contributed by atoms with Crippen LogP contribution < -0.4 is 15.7 Å². The van der Waals surface area contributed by atoms with E-state index in [9.17, 15) is 0 Å². The zero-order valence-electron chi connectivity index (χ0n) is 38.8. The number of nitrogens with zero attached hydrogens (tertiary/aromatic N) is 1. The van der Waals surface area contributed by atoms with E-state index in [4.69, 9.17) is 15.8 Å². The molecule has 0 amide bonds. The molecule has 10 rings (SSSR count). The fourth-order valence-electron chi connectivity index (χ4n) is 9.64. The number of allylic oxidation sites excluding steroid dienone is 1. The standard InChI is InChI=1S/C58H43NO.C3H8.C2H6/c1-7-17-48-36(4)54(52-26-16-27-53-57(52)55(48)38(6)60-53)46(8-2)43-29-31-51-45(33-43)34-44-23-15-25-50(56(44)51)42-22-14-21-41(32-42)37(5)59-58(40-19-10-9-11-20-40)49-30-28-39-18-12-13-24-47(39)35(49)3;1-3-2;1-2/h1,8-33,37H,2,4,34H2,3,5-6H3;3H2,1-2H3;1-2H3/b48-17-,54-46-,59-58?;;. The summed E-state index contributed by atoms with van der Waals surface area (Å²) in [5.41, 5.74) is 16.2. The lowest BCUT2D eigenvalue weighted by Gasteiger charge is -2.17. The molecule has 0 saturated heterocycles. The van der Waals surface area contributed by atoms with Crippen LogP contribution in [0.2, 0.25) is 0 Å². The van der Waals surface area contributed by atoms with Crippen LogP contribution in [0.4, 0.5) is 0 Å². The van der Waals surface area contributed by atoms with Gasteiger partial charge in [0.25, 0.3) is 0 Å². The average molecular weight is 844 g/mol. The van der Waals surface area contributed by atoms with Gasteiger partial charge in [-0.3, -0.25) is 4.99 Å². The smallest absolute Gasteiger partial charge is 0.135 e. The molecule has 0 radical (unpaired) electrons. The highest BCUT2D eigenvalue weighted by Gasteiger charge is 2.24. The maximum atomic E-state index is 6.23. The molecule has 1 aliphatic carbocycles. The van der Waals surface area contributed by atoms with Crippen molar-refractivity contribution in [1.29, 1.82) is 0 Å². The number of hydrogen-bond donors (Lipinski definition) is 0. The lowest BCUT2D eigenvalue weighted by molar-refractivity contribution is 0.583. The van der Waals surface area contributed by atoms with Crippen molar-refractivity contribution >= 4 is 56.5 Å². The summed E-state index contributed by atoms with van der Waals surface area (Å²) in [6, 6.07) is 52.3. The van der Waals surface area contributed by atoms with E-state index in [2.05, 4.69) is 180 Å². The van der Waals surface area contributed by atoms with E-state index in [1.807, 2.05) is 45.1 Å². The largest absolute Gasteiger partial charge is 0.461 e. The molecule has 0 fully saturated rings. The second-order valence-electron chi connectivity index (χ2n) is 16.6. The summed E-state index contributed by atoms with van der Waals surface area (Å²) in [6.45, 7) is 23.6. The van der Waals surface area contributed by atoms with Crippen molar-refractivity contribution in [3.8, 4) is 34.6 Å². The first-order chi connectivity index (χ1) is 31.8. The van der Waals surface area contributed by atoms with Gasteiger partial charge in [-0.05, 0) is 128 Å². The SMILES string of the molecule is C#C/C=c1/c(=C)/c(=C(\C=C)c2ccc3c(c2)Cc2cccc(-c4cccc(C(C)N=C(c5ccccc5)c5ccc6ccccc6c5C)c4)c2-3)c2cccc3oc(C)c1c32.CC.CCC. The van der Waals surface area contributed by atoms with Crippen LogP contribution in [-0.2, 0) is 6.42 Å². The van der Waals surface area contributed by atoms with Crippen molar-refractivity contribution < 1.29 is 4.42 Å². The number of aliphatic imine (C=N–C) groups is 1. The normalized spacial score (nSPS) is 13.0. The average Bonchev–Trinajstić information content (AvgIpc) is 3.89. The van der Waals surface area contributed by atoms with Crippen molar-refractivity contribution in [3.63, 3.8) is 0 Å². The van der Waals surface area contributed by atoms with Crippen LogP contribution in [0.15, 0.2) is 168 Å². The molecule has 320 valence electrons. The van der Waals surface area contributed by atoms with Gasteiger partial charge in [-0.15, -0.1) is 6.42 Å². The fourth-order valence-corrected chi connectivity index (χ4v) is 9.64. The predicted octanol–water partition coefficient (Wildman–Crippen LogP) is 14.6. The maximum absolute atomic E-state index is 6.23. The first kappa shape index (κ1) is 44.1. The van der Waals surface area contributed by atoms with Gasteiger partial charge >= 0.3 is 0 Å². The van der Waals surface area contributed by atoms with Gasteiger partial charge in [-0.25, -0.2) is 0 Å². The molecule has 1 heterocycles. The lowest BCUT2D eigenvalue weighted by Crippen LogP contribution is -2.40. The Bertz CT molecular complexity index is 3500. The van der Waals surface area contributed by atoms with Crippen molar-refractivity contribution in [2.75, 3.05) is 0 Å². The maximum Gasteiger partial charge on any atom is 0.135 e. The molecule has 2 heteroatoms. The predicted molar refractivity (Wildman–Crippen MR) is 281 cm³/mol. The first-order valence-corrected chi connectivity index (χ1v) is 23.0. The third kappa shape index (κ3) is 8.05. The van der Waals surface area contributed by atoms with E-state index in [1.165, 1.54) is 61.7 Å². The fraction of sp³-hybridized carbons (Fsp3) is 0.159. The summed E-state index contributed by atoms with van der Waals surface area (Å²) < 4.78 is 6.23. The monoisotopic (exact) mass is 843 g/mol. The van der Waals surface area contributed by atoms with E-state index in [0.29, 0.717) is 0 Å². The number of terminal acetylenes is 1. The molecular weight excluding hydrogens is 787 g/mol. The molecule has 0 N–H and O–H groups in total. The third-order valence-electron chi connectivity index (χ3n) is 12.5. The van der Waals surface area contributed by atoms with E-state index < -0.39 is 0 Å². The number of rotatable bonds is 7. The molecule has 1 unspecified atom stereocenters. The zero-order chi connectivity index (χ0) is 45.8. The van der Waals surface area contributed by atoms with Crippen molar-refractivity contribution in [1.82, 2.24) is 0 Å². The number of furan rings is 1. The number of benzene rings is 8. The van der Waals surface area contributed by atoms with Gasteiger partial charge < -0.3 is 4.42 Å². The van der Waals surface area contributed by atoms with Gasteiger partial charge in [-0.2, -0.15) is 0 Å². The summed E-state index contributed by atoms with van der Waals surface area (Å²) in [5.74, 6) is 3.60. The van der Waals surface area contributed by atoms with Crippen LogP contribution >= 0.6 is 0 Å². The minimum absolute atomic E-state index is 0.0820. The highest BCUT2D eigenvalue weighted by molar-refractivity contribution is 6.16. The van der Waals surface area contributed by atoms with Gasteiger partial charge in [-0.1, -0.05) is 193 Å². The molecule has 2 nitrogen and oxygen atoms in total. The first-order valence-electron chi connectivity index (χ1n) is 23.0. The highest BCUT2D eigenvalue weighted by Crippen LogP contribution is 2.44. The summed E-state index contributed by atoms with van der Waals surface area (Å²) in [6.07, 6.45) is 11.7. The number of aryl methyl sites for hydroxylation is 2. The van der Waals surface area contributed by atoms with Crippen LogP contribution in [0.3, 0.4) is 0 Å². The molecule has 1 aliphatic rings. The summed E-state index contributed by atoms with van der Waals surface area (Å²) in [5, 5.41) is 8.49. The molecule has 65 heavy (non-hydrogen) atoms. The zero-order valence-corrected chi connectivity index (χ0v) is 38.8. The van der Waals surface area contributed by atoms with Crippen molar-refractivity contribution in [3.05, 3.63) is 219 Å². The molecule has 9 aromatic rings. The van der Waals surface area contributed by atoms with E-state index >= 15 is 0 Å². The molecular formula is C63H57NO. The lowest BCUT2D eigenvalue weighted by atomic mass is 9.90. The second-order valence-corrected chi connectivity index (χ2v) is 16.6. The van der Waals surface area contributed by atoms with Crippen LogP contribution in [-0.4, -0.2) is 5.71 Å². The molecule has 0 aliphatic heterocycles. The Balaban J connectivity index is 0.00000111. The van der Waals surface area contributed by atoms with Crippen molar-refractivity contribution in [2.45, 2.75) is 67.3 Å². The van der Waals surface area contributed by atoms with E-state index in [-0.39, 0.29) is 6.04 Å². The van der Waals surface area contributed by atoms with Gasteiger partial charge in [0.15, 0.2) is 0 Å². The number of fused-ring (bicyclic) bond motifs is 4. The second kappa shape index (κ2) is 19.1. The highest BCUT2D eigenvalue weighted by atomic mass is 16.3. The third-order valence-corrected chi connectivity index (χ3v) is 12.5. The Morgan fingerprint density at radius 2 is 1.48 bits per heavy atom. The van der Waals surface area contributed by atoms with Crippen LogP contribution in [0.1, 0.15) is 91.8 Å². The minimum atomic E-state index is -0.0820. The van der Waals surface area contributed by atoms with Crippen molar-refractivity contribution in [2.24, 2.45) is 4.99 Å². The minimum Gasteiger partial charge on any atom is -0.461 e. The van der Waals surface area contributed by atoms with Gasteiger partial charge in [0.05, 0.1) is 11.8 Å². The van der Waals surface area contributed by atoms with Gasteiger partial charge in [0.2, 0.25) is 0 Å². The summed E-state index contributed by atoms with van der Waals surface area (Å²) in [7, 11) is 0. The van der Waals surface area contributed by atoms with E-state index in [1.54, 1.807) is 0 Å². The number of hydrogen-bond acceptors (Lipinski definition) is 2. The Labute approximate surface area is 384 Å².